The standard InChI is InChI=1S/C21H18N2O4/c24-21(17-5-8-19-20(10-17)27-14-26-19)23-12-15-3-6-18(7-4-15)25-13-16-2-1-9-22-11-16/h1-11H,12-14H2,(H,23,24). The lowest BCUT2D eigenvalue weighted by molar-refractivity contribution is 0.0950. The first-order valence-electron chi connectivity index (χ1n) is 8.56. The van der Waals surface area contributed by atoms with Crippen molar-refractivity contribution < 1.29 is 19.0 Å². The van der Waals surface area contributed by atoms with Crippen molar-refractivity contribution in [3.05, 3.63) is 83.7 Å². The van der Waals surface area contributed by atoms with Gasteiger partial charge in [0.25, 0.3) is 5.91 Å². The fraction of sp³-hybridized carbons (Fsp3) is 0.143. The summed E-state index contributed by atoms with van der Waals surface area (Å²) in [7, 11) is 0. The lowest BCUT2D eigenvalue weighted by atomic mass is 10.1. The van der Waals surface area contributed by atoms with Gasteiger partial charge in [-0.3, -0.25) is 9.78 Å². The molecule has 0 unspecified atom stereocenters. The van der Waals surface area contributed by atoms with Gasteiger partial charge in [-0.25, -0.2) is 0 Å². The first kappa shape index (κ1) is 16.9. The minimum absolute atomic E-state index is 0.162. The molecule has 0 radical (unpaired) electrons. The predicted octanol–water partition coefficient (Wildman–Crippen LogP) is 3.32. The number of nitrogens with one attached hydrogen (secondary N) is 1. The molecule has 0 bridgehead atoms. The van der Waals surface area contributed by atoms with E-state index < -0.39 is 0 Å². The Morgan fingerprint density at radius 1 is 1.04 bits per heavy atom. The topological polar surface area (TPSA) is 69.7 Å². The zero-order valence-corrected chi connectivity index (χ0v) is 14.6. The van der Waals surface area contributed by atoms with E-state index in [9.17, 15) is 4.79 Å². The van der Waals surface area contributed by atoms with E-state index in [1.54, 1.807) is 30.6 Å². The molecule has 1 aliphatic rings. The molecular formula is C21H18N2O4. The lowest BCUT2D eigenvalue weighted by Gasteiger charge is -2.09. The number of ether oxygens (including phenoxy) is 3. The molecule has 0 fully saturated rings. The van der Waals surface area contributed by atoms with Gasteiger partial charge < -0.3 is 19.5 Å². The number of carbonyl (C=O) groups is 1. The van der Waals surface area contributed by atoms with E-state index in [-0.39, 0.29) is 12.7 Å². The first-order chi connectivity index (χ1) is 13.3. The van der Waals surface area contributed by atoms with Gasteiger partial charge >= 0.3 is 0 Å². The van der Waals surface area contributed by atoms with E-state index in [1.807, 2.05) is 36.4 Å². The van der Waals surface area contributed by atoms with Crippen molar-refractivity contribution in [2.45, 2.75) is 13.2 Å². The second kappa shape index (κ2) is 7.78. The third kappa shape index (κ3) is 4.17. The zero-order valence-electron chi connectivity index (χ0n) is 14.6. The molecule has 3 aromatic rings. The number of aromatic nitrogens is 1. The van der Waals surface area contributed by atoms with Crippen LogP contribution >= 0.6 is 0 Å². The normalized spacial score (nSPS) is 11.9. The summed E-state index contributed by atoms with van der Waals surface area (Å²) >= 11 is 0. The van der Waals surface area contributed by atoms with Crippen LogP contribution in [0.25, 0.3) is 0 Å². The van der Waals surface area contributed by atoms with Gasteiger partial charge in [0.1, 0.15) is 12.4 Å². The molecule has 1 N–H and O–H groups in total. The van der Waals surface area contributed by atoms with Crippen LogP contribution in [0.5, 0.6) is 17.2 Å². The Hall–Kier alpha value is -3.54. The van der Waals surface area contributed by atoms with Gasteiger partial charge in [-0.05, 0) is 42.0 Å². The second-order valence-electron chi connectivity index (χ2n) is 6.04. The van der Waals surface area contributed by atoms with Crippen LogP contribution in [0.4, 0.5) is 0 Å². The highest BCUT2D eigenvalue weighted by molar-refractivity contribution is 5.94. The number of amides is 1. The van der Waals surface area contributed by atoms with E-state index in [4.69, 9.17) is 14.2 Å². The number of hydrogen-bond donors (Lipinski definition) is 1. The number of fused-ring (bicyclic) bond motifs is 1. The molecule has 2 aromatic carbocycles. The van der Waals surface area contributed by atoms with Gasteiger partial charge in [0.05, 0.1) is 0 Å². The SMILES string of the molecule is O=C(NCc1ccc(OCc2cccnc2)cc1)c1ccc2c(c1)OCO2. The highest BCUT2D eigenvalue weighted by Gasteiger charge is 2.16. The van der Waals surface area contributed by atoms with Crippen molar-refractivity contribution in [1.82, 2.24) is 10.3 Å². The van der Waals surface area contributed by atoms with Crippen LogP contribution in [0.2, 0.25) is 0 Å². The van der Waals surface area contributed by atoms with Gasteiger partial charge in [0.15, 0.2) is 11.5 Å². The minimum atomic E-state index is -0.162. The Labute approximate surface area is 156 Å². The quantitative estimate of drug-likeness (QED) is 0.728. The van der Waals surface area contributed by atoms with Crippen LogP contribution in [0.15, 0.2) is 67.0 Å². The smallest absolute Gasteiger partial charge is 0.251 e. The molecule has 6 heteroatoms. The molecule has 27 heavy (non-hydrogen) atoms. The number of carbonyl (C=O) groups excluding carboxylic acids is 1. The lowest BCUT2D eigenvalue weighted by Crippen LogP contribution is -2.22. The van der Waals surface area contributed by atoms with Gasteiger partial charge in [0, 0.05) is 30.1 Å². The summed E-state index contributed by atoms with van der Waals surface area (Å²) in [6.07, 6.45) is 3.51. The third-order valence-electron chi connectivity index (χ3n) is 4.14. The van der Waals surface area contributed by atoms with Gasteiger partial charge in [0.2, 0.25) is 6.79 Å². The maximum atomic E-state index is 12.3. The van der Waals surface area contributed by atoms with Crippen LogP contribution in [0.1, 0.15) is 21.5 Å². The molecule has 1 aliphatic heterocycles. The van der Waals surface area contributed by atoms with Crippen molar-refractivity contribution in [2.75, 3.05) is 6.79 Å². The predicted molar refractivity (Wildman–Crippen MR) is 98.7 cm³/mol. The number of hydrogen-bond acceptors (Lipinski definition) is 5. The van der Waals surface area contributed by atoms with Crippen LogP contribution < -0.4 is 19.5 Å². The van der Waals surface area contributed by atoms with Gasteiger partial charge in [-0.2, -0.15) is 0 Å². The summed E-state index contributed by atoms with van der Waals surface area (Å²) < 4.78 is 16.3. The van der Waals surface area contributed by atoms with Crippen molar-refractivity contribution in [3.8, 4) is 17.2 Å². The highest BCUT2D eigenvalue weighted by atomic mass is 16.7. The van der Waals surface area contributed by atoms with E-state index >= 15 is 0 Å². The minimum Gasteiger partial charge on any atom is -0.489 e. The van der Waals surface area contributed by atoms with Crippen LogP contribution in [-0.2, 0) is 13.2 Å². The highest BCUT2D eigenvalue weighted by Crippen LogP contribution is 2.32. The Bertz CT molecular complexity index is 927. The summed E-state index contributed by atoms with van der Waals surface area (Å²) in [5.41, 5.74) is 2.53. The largest absolute Gasteiger partial charge is 0.489 e. The average molecular weight is 362 g/mol. The van der Waals surface area contributed by atoms with Crippen molar-refractivity contribution in [1.29, 1.82) is 0 Å². The summed E-state index contributed by atoms with van der Waals surface area (Å²) in [5.74, 6) is 1.86. The Kier molecular flexibility index (Phi) is 4.87. The molecule has 6 nitrogen and oxygen atoms in total. The molecule has 0 saturated heterocycles. The monoisotopic (exact) mass is 362 g/mol. The fourth-order valence-corrected chi connectivity index (χ4v) is 2.68. The summed E-state index contributed by atoms with van der Waals surface area (Å²) in [6, 6.07) is 16.6. The maximum absolute atomic E-state index is 12.3. The molecule has 4 rings (SSSR count). The molecular weight excluding hydrogens is 344 g/mol. The van der Waals surface area contributed by atoms with E-state index in [1.165, 1.54) is 0 Å². The maximum Gasteiger partial charge on any atom is 0.251 e. The summed E-state index contributed by atoms with van der Waals surface area (Å²) in [6.45, 7) is 1.08. The molecule has 0 spiro atoms. The van der Waals surface area contributed by atoms with E-state index in [2.05, 4.69) is 10.3 Å². The fourth-order valence-electron chi connectivity index (χ4n) is 2.68. The van der Waals surface area contributed by atoms with Crippen LogP contribution in [0.3, 0.4) is 0 Å². The van der Waals surface area contributed by atoms with Gasteiger partial charge in [-0.15, -0.1) is 0 Å². The Morgan fingerprint density at radius 2 is 1.89 bits per heavy atom. The number of rotatable bonds is 6. The van der Waals surface area contributed by atoms with Crippen molar-refractivity contribution in [3.63, 3.8) is 0 Å². The summed E-state index contributed by atoms with van der Waals surface area (Å²) in [5, 5.41) is 2.90. The van der Waals surface area contributed by atoms with E-state index in [0.717, 1.165) is 16.9 Å². The zero-order chi connectivity index (χ0) is 18.5. The number of pyridine rings is 1. The Balaban J connectivity index is 1.30. The molecule has 1 aromatic heterocycles. The molecule has 0 atom stereocenters. The van der Waals surface area contributed by atoms with Crippen molar-refractivity contribution >= 4 is 5.91 Å². The average Bonchev–Trinajstić information content (AvgIpc) is 3.20. The van der Waals surface area contributed by atoms with Gasteiger partial charge in [-0.1, -0.05) is 18.2 Å². The second-order valence-corrected chi connectivity index (χ2v) is 6.04. The molecule has 0 saturated carbocycles. The van der Waals surface area contributed by atoms with E-state index in [0.29, 0.717) is 30.2 Å². The van der Waals surface area contributed by atoms with Crippen LogP contribution in [0, 0.1) is 0 Å². The number of nitrogens with zero attached hydrogens (tertiary/aromatic N) is 1. The third-order valence-corrected chi connectivity index (χ3v) is 4.14. The van der Waals surface area contributed by atoms with Crippen LogP contribution in [-0.4, -0.2) is 17.7 Å². The summed E-state index contributed by atoms with van der Waals surface area (Å²) in [4.78, 5) is 16.4. The number of benzene rings is 2. The molecule has 136 valence electrons. The molecule has 0 aliphatic carbocycles. The Morgan fingerprint density at radius 3 is 2.70 bits per heavy atom. The molecule has 2 heterocycles. The molecule has 1 amide bonds. The first-order valence-corrected chi connectivity index (χ1v) is 8.56. The van der Waals surface area contributed by atoms with Crippen molar-refractivity contribution in [2.24, 2.45) is 0 Å².